The minimum atomic E-state index is -1.90. The van der Waals surface area contributed by atoms with E-state index in [0.29, 0.717) is 0 Å². The van der Waals surface area contributed by atoms with E-state index in [2.05, 4.69) is 0 Å². The Hall–Kier alpha value is -3.30. The molecule has 12 saturated carbocycles. The fraction of sp³-hybridized carbons (Fsp3) is 0.902. The minimum absolute atomic E-state index is 0.253. The van der Waals surface area contributed by atoms with E-state index in [1.54, 1.807) is 0 Å². The SMILES string of the molecule is C1CCCCC1.C1CCCCC1.C1CCCCC1.C1CCCCC1.C1CCCCC1.C1CCCCC1.C1CCCCC1.C1CCCCC1.C1CCCCC1.C1CCCCC1.C1CCCCC1.CC(=O)CC1(CC(C)=O)CC(CC(C)=O)(CC(C)=O)C(CC(C)=O)(CC(C)=O)C(CC(C)=O)(CC(C)=O)C1(CC(C)=O)CC(C)=O. The fourth-order valence-electron chi connectivity index (χ4n) is 21.9. The summed E-state index contributed by atoms with van der Waals surface area (Å²) >= 11 is 0. The highest BCUT2D eigenvalue weighted by Gasteiger charge is 2.79. The standard InChI is InChI=1S/C36H52O10.11C6H12/c1-22(37)11-32(12-23(2)38)21-33(13-24(3)39,14-25(4)40)35(17-28(7)43,18-29(8)44)36(19-30(9)45,20-31(10)46)34(32,15-26(5)41)16-27(6)42;11*1-2-4-6-5-3-1/h11-21H2,1-10H3;11*1-6H2. The molecule has 0 aliphatic heterocycles. The van der Waals surface area contributed by atoms with Gasteiger partial charge in [0.1, 0.15) is 57.8 Å². The lowest BCUT2D eigenvalue weighted by molar-refractivity contribution is -0.277. The van der Waals surface area contributed by atoms with Crippen LogP contribution in [0.5, 0.6) is 0 Å². The lowest BCUT2D eigenvalue weighted by atomic mass is 9.25. The molecule has 12 rings (SSSR count). The van der Waals surface area contributed by atoms with E-state index < -0.39 is 123 Å². The number of hydrogen-bond donors (Lipinski definition) is 0. The van der Waals surface area contributed by atoms with Crippen LogP contribution >= 0.6 is 0 Å². The predicted molar refractivity (Wildman–Crippen MR) is 474 cm³/mol. The largest absolute Gasteiger partial charge is 0.300 e. The van der Waals surface area contributed by atoms with Crippen molar-refractivity contribution in [2.24, 2.45) is 27.1 Å². The van der Waals surface area contributed by atoms with Crippen molar-refractivity contribution in [3.8, 4) is 0 Å². The van der Waals surface area contributed by atoms with Gasteiger partial charge >= 0.3 is 0 Å². The molecule has 10 nitrogen and oxygen atoms in total. The molecule has 0 N–H and O–H groups in total. The van der Waals surface area contributed by atoms with E-state index in [9.17, 15) is 47.9 Å². The molecule has 0 aromatic carbocycles. The van der Waals surface area contributed by atoms with Crippen LogP contribution in [-0.2, 0) is 47.9 Å². The summed E-state index contributed by atoms with van der Waals surface area (Å²) in [7, 11) is 0. The Morgan fingerprint density at radius 3 is 0.268 bits per heavy atom. The number of Topliss-reactive ketones (excluding diaryl/α,β-unsaturated/α-hetero) is 10. The Kier molecular flexibility index (Phi) is 65.4. The third-order valence-electron chi connectivity index (χ3n) is 26.7. The van der Waals surface area contributed by atoms with Gasteiger partial charge in [0.2, 0.25) is 0 Å². The van der Waals surface area contributed by atoms with Crippen LogP contribution in [0, 0.1) is 27.1 Å². The monoisotopic (exact) mass is 1570 g/mol. The molecular formula is C102H184O10. The third kappa shape index (κ3) is 49.8. The van der Waals surface area contributed by atoms with Crippen molar-refractivity contribution >= 4 is 57.8 Å². The van der Waals surface area contributed by atoms with Gasteiger partial charge in [0.15, 0.2) is 0 Å². The number of hydrogen-bond acceptors (Lipinski definition) is 10. The van der Waals surface area contributed by atoms with Crippen LogP contribution in [0.25, 0.3) is 0 Å². The van der Waals surface area contributed by atoms with Crippen LogP contribution in [-0.4, -0.2) is 57.8 Å². The summed E-state index contributed by atoms with van der Waals surface area (Å²) in [4.78, 5) is 135. The molecule has 0 aromatic heterocycles. The zero-order valence-electron chi connectivity index (χ0n) is 76.0. The van der Waals surface area contributed by atoms with Crippen LogP contribution in [0.1, 0.15) is 564 Å². The van der Waals surface area contributed by atoms with Gasteiger partial charge in [0.05, 0.1) is 0 Å². The summed E-state index contributed by atoms with van der Waals surface area (Å²) in [5.74, 6) is -4.47. The number of ketones is 10. The van der Waals surface area contributed by atoms with E-state index >= 15 is 0 Å². The molecule has 0 spiro atoms. The quantitative estimate of drug-likeness (QED) is 0.114. The first-order valence-corrected chi connectivity index (χ1v) is 48.8. The first-order chi connectivity index (χ1) is 53.9. The highest BCUT2D eigenvalue weighted by atomic mass is 16.2. The second-order valence-electron chi connectivity index (χ2n) is 38.1. The van der Waals surface area contributed by atoms with E-state index in [0.717, 1.165) is 0 Å². The second-order valence-corrected chi connectivity index (χ2v) is 38.1. The Balaban J connectivity index is 0.000000739. The maximum Gasteiger partial charge on any atom is 0.130 e. The van der Waals surface area contributed by atoms with Crippen LogP contribution in [0.3, 0.4) is 0 Å². The normalized spacial score (nSPS) is 21.8. The van der Waals surface area contributed by atoms with Gasteiger partial charge in [0.25, 0.3) is 0 Å². The smallest absolute Gasteiger partial charge is 0.130 e. The molecule has 12 fully saturated rings. The molecule has 0 atom stereocenters. The van der Waals surface area contributed by atoms with Gasteiger partial charge in [-0.15, -0.1) is 0 Å². The maximum absolute atomic E-state index is 13.6. The topological polar surface area (TPSA) is 171 Å². The van der Waals surface area contributed by atoms with Gasteiger partial charge in [-0.25, -0.2) is 0 Å². The summed E-state index contributed by atoms with van der Waals surface area (Å²) in [5.41, 5.74) is -8.76. The Morgan fingerprint density at radius 2 is 0.196 bits per heavy atom. The van der Waals surface area contributed by atoms with Crippen molar-refractivity contribution in [1.82, 2.24) is 0 Å². The van der Waals surface area contributed by atoms with Gasteiger partial charge in [-0.3, -0.25) is 0 Å². The molecule has 12 aliphatic carbocycles. The zero-order chi connectivity index (χ0) is 82.7. The van der Waals surface area contributed by atoms with Gasteiger partial charge in [0, 0.05) is 64.2 Å². The molecule has 10 heteroatoms. The third-order valence-corrected chi connectivity index (χ3v) is 26.7. The van der Waals surface area contributed by atoms with Gasteiger partial charge in [-0.2, -0.15) is 0 Å². The van der Waals surface area contributed by atoms with Crippen molar-refractivity contribution < 1.29 is 47.9 Å². The fourth-order valence-corrected chi connectivity index (χ4v) is 21.9. The molecule has 0 amide bonds. The van der Waals surface area contributed by atoms with Crippen molar-refractivity contribution in [1.29, 1.82) is 0 Å². The molecule has 0 heterocycles. The maximum atomic E-state index is 13.6. The van der Waals surface area contributed by atoms with Crippen LogP contribution < -0.4 is 0 Å². The van der Waals surface area contributed by atoms with Crippen LogP contribution in [0.15, 0.2) is 0 Å². The van der Waals surface area contributed by atoms with Crippen molar-refractivity contribution in [3.05, 3.63) is 0 Å². The van der Waals surface area contributed by atoms with E-state index in [1.165, 1.54) is 493 Å². The Labute approximate surface area is 692 Å². The highest BCUT2D eigenvalue weighted by molar-refractivity contribution is 5.90. The number of carbonyl (C=O) groups excluding carboxylic acids is 10. The molecule has 0 aromatic rings. The molecule has 0 bridgehead atoms. The molecule has 652 valence electrons. The lowest BCUT2D eigenvalue weighted by Gasteiger charge is -2.76. The van der Waals surface area contributed by atoms with Crippen molar-refractivity contribution in [2.75, 3.05) is 0 Å². The average molecular weight is 1570 g/mol. The summed E-state index contributed by atoms with van der Waals surface area (Å²) in [6, 6.07) is 0. The average Bonchev–Trinajstić information content (AvgIpc) is 0.653. The Morgan fingerprint density at radius 1 is 0.125 bits per heavy atom. The van der Waals surface area contributed by atoms with Crippen molar-refractivity contribution in [2.45, 2.75) is 564 Å². The van der Waals surface area contributed by atoms with Crippen LogP contribution in [0.4, 0.5) is 0 Å². The predicted octanol–water partition coefficient (Wildman–Crippen LogP) is 30.9. The van der Waals surface area contributed by atoms with Gasteiger partial charge < -0.3 is 47.9 Å². The van der Waals surface area contributed by atoms with E-state index in [4.69, 9.17) is 0 Å². The highest BCUT2D eigenvalue weighted by Crippen LogP contribution is 2.82. The zero-order valence-corrected chi connectivity index (χ0v) is 76.0. The first-order valence-electron chi connectivity index (χ1n) is 48.8. The Bertz CT molecular complexity index is 1900. The number of rotatable bonds is 20. The van der Waals surface area contributed by atoms with E-state index in [-0.39, 0.29) is 32.1 Å². The first kappa shape index (κ1) is 107. The van der Waals surface area contributed by atoms with Gasteiger partial charge in [-0.05, 0) is 103 Å². The molecule has 0 radical (unpaired) electrons. The summed E-state index contributed by atoms with van der Waals surface area (Å²) in [5, 5.41) is 0. The molecule has 12 aliphatic rings. The summed E-state index contributed by atoms with van der Waals surface area (Å²) in [6.07, 6.45) is 94.4. The molecule has 112 heavy (non-hydrogen) atoms. The summed E-state index contributed by atoms with van der Waals surface area (Å²) < 4.78 is 0. The number of carbonyl (C=O) groups is 10. The van der Waals surface area contributed by atoms with E-state index in [1.807, 2.05) is 0 Å². The second kappa shape index (κ2) is 68.6. The van der Waals surface area contributed by atoms with Gasteiger partial charge in [-0.1, -0.05) is 424 Å². The summed E-state index contributed by atoms with van der Waals surface area (Å²) in [6.45, 7) is 12.7. The minimum Gasteiger partial charge on any atom is -0.300 e. The van der Waals surface area contributed by atoms with Crippen molar-refractivity contribution in [3.63, 3.8) is 0 Å². The molecule has 0 unspecified atom stereocenters. The molecule has 0 saturated heterocycles. The molecular weight excluding hydrogens is 1390 g/mol. The lowest BCUT2D eigenvalue weighted by Crippen LogP contribution is -2.74. The van der Waals surface area contributed by atoms with Crippen LogP contribution in [0.2, 0.25) is 0 Å².